The predicted octanol–water partition coefficient (Wildman–Crippen LogP) is 3.07. The molecule has 94 valence electrons. The molecule has 0 heterocycles. The van der Waals surface area contributed by atoms with Gasteiger partial charge in [-0.1, -0.05) is 0 Å². The number of nitro groups is 1. The third-order valence-electron chi connectivity index (χ3n) is 3.38. The zero-order valence-electron chi connectivity index (χ0n) is 10.4. The van der Waals surface area contributed by atoms with Crippen LogP contribution >= 0.6 is 0 Å². The van der Waals surface area contributed by atoms with E-state index in [0.29, 0.717) is 17.2 Å². The van der Waals surface area contributed by atoms with Crippen LogP contribution in [0.2, 0.25) is 0 Å². The molecule has 0 aromatic heterocycles. The highest BCUT2D eigenvalue weighted by Gasteiger charge is 2.38. The monoisotopic (exact) mass is 245 g/mol. The lowest BCUT2D eigenvalue weighted by Crippen LogP contribution is -2.33. The highest BCUT2D eigenvalue weighted by molar-refractivity contribution is 5.65. The zero-order valence-corrected chi connectivity index (χ0v) is 10.4. The van der Waals surface area contributed by atoms with Crippen molar-refractivity contribution in [2.24, 2.45) is 5.92 Å². The van der Waals surface area contributed by atoms with Gasteiger partial charge in [0.2, 0.25) is 0 Å². The Labute approximate surface area is 106 Å². The summed E-state index contributed by atoms with van der Waals surface area (Å²) >= 11 is 0. The second-order valence-electron chi connectivity index (χ2n) is 5.22. The van der Waals surface area contributed by atoms with Crippen molar-refractivity contribution in [2.45, 2.75) is 32.2 Å². The second kappa shape index (κ2) is 4.30. The van der Waals surface area contributed by atoms with Crippen LogP contribution in [0.3, 0.4) is 0 Å². The second-order valence-corrected chi connectivity index (χ2v) is 5.22. The van der Waals surface area contributed by atoms with Gasteiger partial charge in [-0.15, -0.1) is 0 Å². The molecular weight excluding hydrogens is 230 g/mol. The van der Waals surface area contributed by atoms with E-state index in [-0.39, 0.29) is 11.2 Å². The van der Waals surface area contributed by atoms with Crippen molar-refractivity contribution in [3.05, 3.63) is 33.9 Å². The Bertz CT molecular complexity index is 528. The molecule has 0 aliphatic heterocycles. The maximum Gasteiger partial charge on any atom is 0.292 e. The van der Waals surface area contributed by atoms with Gasteiger partial charge in [-0.05, 0) is 44.7 Å². The van der Waals surface area contributed by atoms with Gasteiger partial charge in [0.15, 0.2) is 0 Å². The Morgan fingerprint density at radius 3 is 2.67 bits per heavy atom. The van der Waals surface area contributed by atoms with Gasteiger partial charge in [0.25, 0.3) is 5.69 Å². The minimum atomic E-state index is -0.424. The van der Waals surface area contributed by atoms with Crippen LogP contribution in [0.4, 0.5) is 11.4 Å². The molecule has 1 aliphatic rings. The molecule has 0 unspecified atom stereocenters. The average Bonchev–Trinajstić information content (AvgIpc) is 3.11. The molecule has 18 heavy (non-hydrogen) atoms. The van der Waals surface area contributed by atoms with Gasteiger partial charge in [-0.3, -0.25) is 10.1 Å². The third kappa shape index (κ3) is 2.43. The van der Waals surface area contributed by atoms with Crippen molar-refractivity contribution >= 4 is 11.4 Å². The van der Waals surface area contributed by atoms with Crippen LogP contribution in [-0.2, 0) is 0 Å². The fourth-order valence-corrected chi connectivity index (χ4v) is 2.12. The minimum absolute atomic E-state index is 0.0164. The smallest absolute Gasteiger partial charge is 0.292 e. The van der Waals surface area contributed by atoms with Crippen LogP contribution in [0, 0.1) is 27.4 Å². The summed E-state index contributed by atoms with van der Waals surface area (Å²) in [4.78, 5) is 10.6. The molecule has 2 rings (SSSR count). The molecule has 5 heteroatoms. The Morgan fingerprint density at radius 2 is 2.17 bits per heavy atom. The molecule has 0 spiro atoms. The summed E-state index contributed by atoms with van der Waals surface area (Å²) < 4.78 is 0. The molecule has 1 aromatic rings. The summed E-state index contributed by atoms with van der Waals surface area (Å²) in [5, 5.41) is 23.1. The number of hydrogen-bond acceptors (Lipinski definition) is 4. The number of benzene rings is 1. The zero-order chi connectivity index (χ0) is 13.3. The lowest BCUT2D eigenvalue weighted by Gasteiger charge is -2.27. The molecule has 5 nitrogen and oxygen atoms in total. The van der Waals surface area contributed by atoms with E-state index in [0.717, 1.165) is 12.8 Å². The molecule has 0 radical (unpaired) electrons. The van der Waals surface area contributed by atoms with Gasteiger partial charge < -0.3 is 5.32 Å². The van der Waals surface area contributed by atoms with Crippen molar-refractivity contribution in [1.82, 2.24) is 0 Å². The summed E-state index contributed by atoms with van der Waals surface area (Å²) in [5.41, 5.74) is 0.687. The first kappa shape index (κ1) is 12.4. The predicted molar refractivity (Wildman–Crippen MR) is 68.2 cm³/mol. The van der Waals surface area contributed by atoms with E-state index in [1.165, 1.54) is 12.1 Å². The van der Waals surface area contributed by atoms with Crippen molar-refractivity contribution < 1.29 is 4.92 Å². The Morgan fingerprint density at radius 1 is 1.50 bits per heavy atom. The molecule has 0 saturated heterocycles. The van der Waals surface area contributed by atoms with Crippen LogP contribution in [-0.4, -0.2) is 10.5 Å². The highest BCUT2D eigenvalue weighted by Crippen LogP contribution is 2.42. The minimum Gasteiger partial charge on any atom is -0.374 e. The van der Waals surface area contributed by atoms with Crippen molar-refractivity contribution in [3.63, 3.8) is 0 Å². The molecule has 0 bridgehead atoms. The van der Waals surface area contributed by atoms with Crippen molar-refractivity contribution in [1.29, 1.82) is 5.26 Å². The van der Waals surface area contributed by atoms with E-state index < -0.39 is 4.92 Å². The fourth-order valence-electron chi connectivity index (χ4n) is 2.12. The quantitative estimate of drug-likeness (QED) is 0.653. The molecule has 1 N–H and O–H groups in total. The van der Waals surface area contributed by atoms with Gasteiger partial charge in [0, 0.05) is 11.6 Å². The van der Waals surface area contributed by atoms with Gasteiger partial charge in [-0.2, -0.15) is 5.26 Å². The van der Waals surface area contributed by atoms with Gasteiger partial charge >= 0.3 is 0 Å². The first-order valence-corrected chi connectivity index (χ1v) is 5.91. The number of nitrogens with one attached hydrogen (secondary N) is 1. The van der Waals surface area contributed by atoms with E-state index in [1.807, 2.05) is 19.9 Å². The largest absolute Gasteiger partial charge is 0.374 e. The SMILES string of the molecule is CC(C)(Nc1cc(C#N)ccc1[N+](=O)[O-])C1CC1. The molecule has 1 aliphatic carbocycles. The molecule has 0 amide bonds. The lowest BCUT2D eigenvalue weighted by atomic mass is 9.98. The van der Waals surface area contributed by atoms with Crippen LogP contribution in [0.15, 0.2) is 18.2 Å². The summed E-state index contributed by atoms with van der Waals surface area (Å²) in [5.74, 6) is 0.544. The van der Waals surface area contributed by atoms with E-state index in [1.54, 1.807) is 6.07 Å². The van der Waals surface area contributed by atoms with E-state index in [2.05, 4.69) is 5.32 Å². The molecule has 1 saturated carbocycles. The fraction of sp³-hybridized carbons (Fsp3) is 0.462. The number of rotatable bonds is 4. The molecular formula is C13H15N3O2. The molecule has 0 atom stereocenters. The highest BCUT2D eigenvalue weighted by atomic mass is 16.6. The summed E-state index contributed by atoms with van der Waals surface area (Å²) in [6.45, 7) is 4.07. The lowest BCUT2D eigenvalue weighted by molar-refractivity contribution is -0.384. The summed E-state index contributed by atoms with van der Waals surface area (Å²) in [6.07, 6.45) is 2.29. The average molecular weight is 245 g/mol. The van der Waals surface area contributed by atoms with Gasteiger partial charge in [-0.25, -0.2) is 0 Å². The number of hydrogen-bond donors (Lipinski definition) is 1. The van der Waals surface area contributed by atoms with Crippen LogP contribution in [0.5, 0.6) is 0 Å². The van der Waals surface area contributed by atoms with Crippen LogP contribution < -0.4 is 5.32 Å². The van der Waals surface area contributed by atoms with E-state index >= 15 is 0 Å². The normalized spacial score (nSPS) is 14.9. The van der Waals surface area contributed by atoms with Crippen molar-refractivity contribution in [2.75, 3.05) is 5.32 Å². The number of nitrogens with zero attached hydrogens (tertiary/aromatic N) is 2. The number of nitriles is 1. The Hall–Kier alpha value is -2.09. The first-order valence-electron chi connectivity index (χ1n) is 5.91. The first-order chi connectivity index (χ1) is 8.44. The summed E-state index contributed by atoms with van der Waals surface area (Å²) in [6, 6.07) is 6.39. The van der Waals surface area contributed by atoms with Gasteiger partial charge in [0.1, 0.15) is 5.69 Å². The topological polar surface area (TPSA) is 79.0 Å². The molecule has 1 aromatic carbocycles. The Kier molecular flexibility index (Phi) is 2.95. The van der Waals surface area contributed by atoms with Crippen LogP contribution in [0.25, 0.3) is 0 Å². The van der Waals surface area contributed by atoms with Gasteiger partial charge in [0.05, 0.1) is 16.6 Å². The Balaban J connectivity index is 2.35. The van der Waals surface area contributed by atoms with E-state index in [4.69, 9.17) is 5.26 Å². The maximum absolute atomic E-state index is 11.0. The maximum atomic E-state index is 11.0. The number of nitro benzene ring substituents is 1. The van der Waals surface area contributed by atoms with Crippen LogP contribution in [0.1, 0.15) is 32.3 Å². The molecule has 1 fully saturated rings. The van der Waals surface area contributed by atoms with E-state index in [9.17, 15) is 10.1 Å². The standard InChI is InChI=1S/C13H15N3O2/c1-13(2,10-4-5-10)15-11-7-9(8-14)3-6-12(11)16(17)18/h3,6-7,10,15H,4-5H2,1-2H3. The number of anilines is 1. The summed E-state index contributed by atoms with van der Waals surface area (Å²) in [7, 11) is 0. The third-order valence-corrected chi connectivity index (χ3v) is 3.38. The van der Waals surface area contributed by atoms with Crippen molar-refractivity contribution in [3.8, 4) is 6.07 Å².